The number of guanidine groups is 1. The Morgan fingerprint density at radius 3 is 2.33 bits per heavy atom. The molecule has 2 aromatic rings. The summed E-state index contributed by atoms with van der Waals surface area (Å²) in [6.45, 7) is 1.10. The average molecular weight is 377 g/mol. The predicted molar refractivity (Wildman–Crippen MR) is 102 cm³/mol. The standard InChI is InChI=1S/C20H25F2N3O2/c1-3-23-20(24-12-15-8-4-5-10-17(15)14-26-2)25-13-16-9-6-7-11-18(16)27-19(21)22/h4-11,19H,3,12-14H2,1-2H3,(H2,23,24,25). The topological polar surface area (TPSA) is 54.9 Å². The summed E-state index contributed by atoms with van der Waals surface area (Å²) >= 11 is 0. The molecule has 0 bridgehead atoms. The largest absolute Gasteiger partial charge is 0.434 e. The minimum atomic E-state index is -2.86. The van der Waals surface area contributed by atoms with Gasteiger partial charge in [-0.15, -0.1) is 0 Å². The lowest BCUT2D eigenvalue weighted by molar-refractivity contribution is -0.0504. The van der Waals surface area contributed by atoms with Crippen LogP contribution < -0.4 is 15.4 Å². The van der Waals surface area contributed by atoms with Crippen LogP contribution in [-0.2, 0) is 24.4 Å². The second-order valence-electron chi connectivity index (χ2n) is 5.74. The molecule has 0 heterocycles. The van der Waals surface area contributed by atoms with Gasteiger partial charge in [-0.2, -0.15) is 8.78 Å². The first-order valence-corrected chi connectivity index (χ1v) is 8.74. The molecular formula is C20H25F2N3O2. The molecule has 5 nitrogen and oxygen atoms in total. The van der Waals surface area contributed by atoms with Gasteiger partial charge in [0.1, 0.15) is 5.75 Å². The SMILES string of the molecule is CCNC(=NCc1ccccc1OC(F)F)NCc1ccccc1COC. The highest BCUT2D eigenvalue weighted by molar-refractivity contribution is 5.79. The molecule has 0 aliphatic rings. The van der Waals surface area contributed by atoms with E-state index in [4.69, 9.17) is 4.74 Å². The third-order valence-electron chi connectivity index (χ3n) is 3.80. The Morgan fingerprint density at radius 1 is 1.00 bits per heavy atom. The summed E-state index contributed by atoms with van der Waals surface area (Å²) in [5, 5.41) is 6.41. The maximum absolute atomic E-state index is 12.5. The van der Waals surface area contributed by atoms with E-state index in [1.54, 1.807) is 25.3 Å². The number of nitrogens with zero attached hydrogens (tertiary/aromatic N) is 1. The van der Waals surface area contributed by atoms with E-state index in [0.29, 0.717) is 31.2 Å². The van der Waals surface area contributed by atoms with Crippen LogP contribution in [0.1, 0.15) is 23.6 Å². The number of hydrogen-bond donors (Lipinski definition) is 2. The highest BCUT2D eigenvalue weighted by Crippen LogP contribution is 2.21. The molecule has 0 aromatic heterocycles. The Bertz CT molecular complexity index is 739. The van der Waals surface area contributed by atoms with E-state index in [0.717, 1.165) is 11.1 Å². The molecule has 0 saturated carbocycles. The van der Waals surface area contributed by atoms with Gasteiger partial charge in [-0.25, -0.2) is 4.99 Å². The quantitative estimate of drug-likeness (QED) is 0.517. The van der Waals surface area contributed by atoms with Crippen molar-refractivity contribution in [1.82, 2.24) is 10.6 Å². The summed E-state index contributed by atoms with van der Waals surface area (Å²) in [5.41, 5.74) is 2.79. The Morgan fingerprint density at radius 2 is 1.67 bits per heavy atom. The monoisotopic (exact) mass is 377 g/mol. The van der Waals surface area contributed by atoms with Crippen molar-refractivity contribution in [2.45, 2.75) is 33.2 Å². The van der Waals surface area contributed by atoms with Crippen molar-refractivity contribution in [1.29, 1.82) is 0 Å². The smallest absolute Gasteiger partial charge is 0.387 e. The molecule has 2 rings (SSSR count). The second kappa shape index (κ2) is 11.1. The summed E-state index contributed by atoms with van der Waals surface area (Å²) in [7, 11) is 1.66. The average Bonchev–Trinajstić information content (AvgIpc) is 2.66. The summed E-state index contributed by atoms with van der Waals surface area (Å²) < 4.78 is 34.8. The van der Waals surface area contributed by atoms with Gasteiger partial charge in [-0.05, 0) is 24.1 Å². The lowest BCUT2D eigenvalue weighted by Crippen LogP contribution is -2.37. The van der Waals surface area contributed by atoms with Gasteiger partial charge in [0.2, 0.25) is 0 Å². The zero-order valence-electron chi connectivity index (χ0n) is 15.5. The Kier molecular flexibility index (Phi) is 8.51. The summed E-state index contributed by atoms with van der Waals surface area (Å²) in [6.07, 6.45) is 0. The molecule has 27 heavy (non-hydrogen) atoms. The van der Waals surface area contributed by atoms with Crippen molar-refractivity contribution in [2.75, 3.05) is 13.7 Å². The number of para-hydroxylation sites is 1. The number of alkyl halides is 2. The maximum atomic E-state index is 12.5. The zero-order valence-corrected chi connectivity index (χ0v) is 15.5. The van der Waals surface area contributed by atoms with Crippen molar-refractivity contribution in [3.05, 3.63) is 65.2 Å². The van der Waals surface area contributed by atoms with E-state index in [1.165, 1.54) is 6.07 Å². The molecule has 0 amide bonds. The molecule has 146 valence electrons. The third-order valence-corrected chi connectivity index (χ3v) is 3.80. The number of nitrogens with one attached hydrogen (secondary N) is 2. The summed E-state index contributed by atoms with van der Waals surface area (Å²) in [6, 6.07) is 14.6. The van der Waals surface area contributed by atoms with Gasteiger partial charge in [0.15, 0.2) is 5.96 Å². The minimum Gasteiger partial charge on any atom is -0.434 e. The first kappa shape index (κ1) is 20.6. The van der Waals surface area contributed by atoms with E-state index >= 15 is 0 Å². The lowest BCUT2D eigenvalue weighted by Gasteiger charge is -2.14. The number of ether oxygens (including phenoxy) is 2. The van der Waals surface area contributed by atoms with Crippen molar-refractivity contribution in [3.63, 3.8) is 0 Å². The van der Waals surface area contributed by atoms with Gasteiger partial charge in [0.25, 0.3) is 0 Å². The van der Waals surface area contributed by atoms with Crippen LogP contribution in [0.4, 0.5) is 8.78 Å². The Labute approximate surface area is 158 Å². The fourth-order valence-electron chi connectivity index (χ4n) is 2.56. The van der Waals surface area contributed by atoms with Gasteiger partial charge < -0.3 is 20.1 Å². The van der Waals surface area contributed by atoms with E-state index in [2.05, 4.69) is 20.4 Å². The molecule has 7 heteroatoms. The summed E-state index contributed by atoms with van der Waals surface area (Å²) in [4.78, 5) is 4.48. The number of hydrogen-bond acceptors (Lipinski definition) is 3. The van der Waals surface area contributed by atoms with E-state index in [9.17, 15) is 8.78 Å². The minimum absolute atomic E-state index is 0.137. The number of benzene rings is 2. The first-order chi connectivity index (χ1) is 13.1. The molecule has 2 aromatic carbocycles. The number of rotatable bonds is 9. The van der Waals surface area contributed by atoms with E-state index in [1.807, 2.05) is 31.2 Å². The number of aliphatic imine (C=N–C) groups is 1. The lowest BCUT2D eigenvalue weighted by atomic mass is 10.1. The first-order valence-electron chi connectivity index (χ1n) is 8.74. The van der Waals surface area contributed by atoms with Crippen LogP contribution in [0.15, 0.2) is 53.5 Å². The van der Waals surface area contributed by atoms with E-state index < -0.39 is 6.61 Å². The van der Waals surface area contributed by atoms with E-state index in [-0.39, 0.29) is 12.3 Å². The highest BCUT2D eigenvalue weighted by atomic mass is 19.3. The molecular weight excluding hydrogens is 352 g/mol. The Hall–Kier alpha value is -2.67. The van der Waals surface area contributed by atoms with Gasteiger partial charge in [0, 0.05) is 25.8 Å². The zero-order chi connectivity index (χ0) is 19.5. The number of methoxy groups -OCH3 is 1. The number of halogens is 2. The van der Waals surface area contributed by atoms with Crippen LogP contribution in [0.3, 0.4) is 0 Å². The molecule has 0 spiro atoms. The highest BCUT2D eigenvalue weighted by Gasteiger charge is 2.09. The maximum Gasteiger partial charge on any atom is 0.387 e. The van der Waals surface area contributed by atoms with Crippen LogP contribution in [0.25, 0.3) is 0 Å². The molecule has 2 N–H and O–H groups in total. The van der Waals surface area contributed by atoms with Crippen LogP contribution in [-0.4, -0.2) is 26.2 Å². The molecule has 0 fully saturated rings. The van der Waals surface area contributed by atoms with Gasteiger partial charge in [0.05, 0.1) is 13.2 Å². The van der Waals surface area contributed by atoms with Crippen molar-refractivity contribution in [3.8, 4) is 5.75 Å². The van der Waals surface area contributed by atoms with Crippen LogP contribution >= 0.6 is 0 Å². The molecule has 0 radical (unpaired) electrons. The van der Waals surface area contributed by atoms with Crippen molar-refractivity contribution >= 4 is 5.96 Å². The molecule has 0 aliphatic heterocycles. The van der Waals surface area contributed by atoms with Crippen molar-refractivity contribution < 1.29 is 18.3 Å². The van der Waals surface area contributed by atoms with Crippen LogP contribution in [0.5, 0.6) is 5.75 Å². The molecule has 0 saturated heterocycles. The van der Waals surface area contributed by atoms with Crippen LogP contribution in [0, 0.1) is 0 Å². The molecule has 0 aliphatic carbocycles. The summed E-state index contributed by atoms with van der Waals surface area (Å²) in [5.74, 6) is 0.731. The fraction of sp³-hybridized carbons (Fsp3) is 0.350. The van der Waals surface area contributed by atoms with Crippen LogP contribution in [0.2, 0.25) is 0 Å². The second-order valence-corrected chi connectivity index (χ2v) is 5.74. The molecule has 0 unspecified atom stereocenters. The van der Waals surface area contributed by atoms with Gasteiger partial charge >= 0.3 is 6.61 Å². The fourth-order valence-corrected chi connectivity index (χ4v) is 2.56. The van der Waals surface area contributed by atoms with Gasteiger partial charge in [-0.1, -0.05) is 42.5 Å². The van der Waals surface area contributed by atoms with Gasteiger partial charge in [-0.3, -0.25) is 0 Å². The normalized spacial score (nSPS) is 11.5. The molecule has 0 atom stereocenters. The van der Waals surface area contributed by atoms with Crippen molar-refractivity contribution in [2.24, 2.45) is 4.99 Å². The Balaban J connectivity index is 2.07. The third kappa shape index (κ3) is 6.86. The predicted octanol–water partition coefficient (Wildman–Crippen LogP) is 3.69.